The van der Waals surface area contributed by atoms with Gasteiger partial charge in [0, 0.05) is 18.8 Å². The van der Waals surface area contributed by atoms with Crippen LogP contribution >= 0.6 is 0 Å². The molecule has 0 fully saturated rings. The Morgan fingerprint density at radius 1 is 1.18 bits per heavy atom. The van der Waals surface area contributed by atoms with E-state index >= 15 is 0 Å². The Labute approximate surface area is 131 Å². The van der Waals surface area contributed by atoms with E-state index in [-0.39, 0.29) is 5.92 Å². The second-order valence-electron chi connectivity index (χ2n) is 6.06. The van der Waals surface area contributed by atoms with Crippen molar-refractivity contribution in [2.45, 2.75) is 26.3 Å². The third kappa shape index (κ3) is 3.14. The van der Waals surface area contributed by atoms with Gasteiger partial charge in [0.25, 0.3) is 0 Å². The number of carboxylic acids is 1. The second kappa shape index (κ2) is 6.22. The first-order valence-electron chi connectivity index (χ1n) is 7.77. The van der Waals surface area contributed by atoms with Gasteiger partial charge < -0.3 is 10.0 Å². The van der Waals surface area contributed by atoms with Crippen LogP contribution in [0, 0.1) is 5.92 Å². The van der Waals surface area contributed by atoms with Gasteiger partial charge in [0.2, 0.25) is 0 Å². The van der Waals surface area contributed by atoms with Crippen LogP contribution in [-0.2, 0) is 24.2 Å². The Hall–Kier alpha value is -2.29. The second-order valence-corrected chi connectivity index (χ2v) is 6.06. The van der Waals surface area contributed by atoms with E-state index < -0.39 is 5.97 Å². The minimum atomic E-state index is -0.735. The number of benzene rings is 2. The number of aliphatic carboxylic acids is 1. The van der Waals surface area contributed by atoms with Gasteiger partial charge in [-0.2, -0.15) is 0 Å². The SMILES string of the molecule is CC(Cc1ccc2c(c1)N(Cc1ccccc1)CC2)C(=O)O. The van der Waals surface area contributed by atoms with Crippen molar-refractivity contribution in [2.24, 2.45) is 5.92 Å². The fourth-order valence-electron chi connectivity index (χ4n) is 3.03. The van der Waals surface area contributed by atoms with Gasteiger partial charge >= 0.3 is 5.97 Å². The molecule has 0 amide bonds. The van der Waals surface area contributed by atoms with Crippen molar-refractivity contribution in [3.8, 4) is 0 Å². The molecule has 0 aliphatic carbocycles. The van der Waals surface area contributed by atoms with Crippen molar-refractivity contribution in [3.05, 3.63) is 65.2 Å². The van der Waals surface area contributed by atoms with Crippen LogP contribution in [0.3, 0.4) is 0 Å². The molecule has 3 nitrogen and oxygen atoms in total. The number of rotatable bonds is 5. The van der Waals surface area contributed by atoms with Crippen LogP contribution in [0.2, 0.25) is 0 Å². The van der Waals surface area contributed by atoms with Crippen LogP contribution in [-0.4, -0.2) is 17.6 Å². The van der Waals surface area contributed by atoms with E-state index in [1.807, 2.05) is 6.07 Å². The van der Waals surface area contributed by atoms with Crippen molar-refractivity contribution in [2.75, 3.05) is 11.4 Å². The number of hydrogen-bond acceptors (Lipinski definition) is 2. The maximum Gasteiger partial charge on any atom is 0.306 e. The average Bonchev–Trinajstić information content (AvgIpc) is 2.91. The lowest BCUT2D eigenvalue weighted by molar-refractivity contribution is -0.141. The molecule has 0 saturated carbocycles. The van der Waals surface area contributed by atoms with Crippen molar-refractivity contribution in [3.63, 3.8) is 0 Å². The number of nitrogens with zero attached hydrogens (tertiary/aromatic N) is 1. The van der Waals surface area contributed by atoms with Crippen LogP contribution < -0.4 is 4.90 Å². The van der Waals surface area contributed by atoms with Crippen LogP contribution in [0.25, 0.3) is 0 Å². The van der Waals surface area contributed by atoms with Crippen LogP contribution in [0.5, 0.6) is 0 Å². The van der Waals surface area contributed by atoms with Gasteiger partial charge in [-0.15, -0.1) is 0 Å². The van der Waals surface area contributed by atoms with E-state index in [9.17, 15) is 4.79 Å². The molecule has 1 unspecified atom stereocenters. The Bertz CT molecular complexity index is 666. The summed E-state index contributed by atoms with van der Waals surface area (Å²) in [5, 5.41) is 9.07. The van der Waals surface area contributed by atoms with E-state index in [1.165, 1.54) is 16.8 Å². The quantitative estimate of drug-likeness (QED) is 0.917. The third-order valence-electron chi connectivity index (χ3n) is 4.32. The predicted octanol–water partition coefficient (Wildman–Crippen LogP) is 3.51. The van der Waals surface area contributed by atoms with Gasteiger partial charge in [-0.3, -0.25) is 4.79 Å². The summed E-state index contributed by atoms with van der Waals surface area (Å²) in [6.07, 6.45) is 1.65. The lowest BCUT2D eigenvalue weighted by atomic mass is 9.99. The molecule has 3 heteroatoms. The topological polar surface area (TPSA) is 40.5 Å². The largest absolute Gasteiger partial charge is 0.481 e. The molecule has 1 heterocycles. The standard InChI is InChI=1S/C19H21NO2/c1-14(19(21)22)11-16-7-8-17-9-10-20(18(17)12-16)13-15-5-3-2-4-6-15/h2-8,12,14H,9-11,13H2,1H3,(H,21,22). The molecule has 1 aliphatic rings. The first-order chi connectivity index (χ1) is 10.6. The number of carbonyl (C=O) groups is 1. The molecule has 22 heavy (non-hydrogen) atoms. The minimum Gasteiger partial charge on any atom is -0.481 e. The molecule has 1 N–H and O–H groups in total. The van der Waals surface area contributed by atoms with E-state index in [0.29, 0.717) is 6.42 Å². The molecule has 1 atom stereocenters. The number of anilines is 1. The minimum absolute atomic E-state index is 0.345. The lowest BCUT2D eigenvalue weighted by Gasteiger charge is -2.20. The van der Waals surface area contributed by atoms with E-state index in [0.717, 1.165) is 25.1 Å². The van der Waals surface area contributed by atoms with Crippen molar-refractivity contribution in [1.82, 2.24) is 0 Å². The number of hydrogen-bond donors (Lipinski definition) is 1. The van der Waals surface area contributed by atoms with Crippen molar-refractivity contribution < 1.29 is 9.90 Å². The normalized spacial score (nSPS) is 14.7. The maximum absolute atomic E-state index is 11.0. The first-order valence-corrected chi connectivity index (χ1v) is 7.77. The zero-order valence-corrected chi connectivity index (χ0v) is 12.8. The molecular formula is C19H21NO2. The summed E-state index contributed by atoms with van der Waals surface area (Å²) in [6.45, 7) is 3.70. The van der Waals surface area contributed by atoms with Crippen LogP contribution in [0.1, 0.15) is 23.6 Å². The fraction of sp³-hybridized carbons (Fsp3) is 0.316. The molecule has 0 saturated heterocycles. The summed E-state index contributed by atoms with van der Waals surface area (Å²) in [5.41, 5.74) is 5.04. The van der Waals surface area contributed by atoms with Crippen LogP contribution in [0.4, 0.5) is 5.69 Å². The summed E-state index contributed by atoms with van der Waals surface area (Å²) in [7, 11) is 0. The lowest BCUT2D eigenvalue weighted by Crippen LogP contribution is -2.19. The summed E-state index contributed by atoms with van der Waals surface area (Å²) >= 11 is 0. The summed E-state index contributed by atoms with van der Waals surface area (Å²) in [5.74, 6) is -1.08. The van der Waals surface area contributed by atoms with Gasteiger partial charge in [0.05, 0.1) is 5.92 Å². The van der Waals surface area contributed by atoms with Gasteiger partial charge in [-0.25, -0.2) is 0 Å². The highest BCUT2D eigenvalue weighted by atomic mass is 16.4. The summed E-state index contributed by atoms with van der Waals surface area (Å²) in [6, 6.07) is 16.9. The zero-order valence-electron chi connectivity index (χ0n) is 12.8. The van der Waals surface area contributed by atoms with E-state index in [2.05, 4.69) is 47.4 Å². The molecule has 0 bridgehead atoms. The fourth-order valence-corrected chi connectivity index (χ4v) is 3.03. The van der Waals surface area contributed by atoms with E-state index in [1.54, 1.807) is 6.92 Å². The molecule has 3 rings (SSSR count). The van der Waals surface area contributed by atoms with Gasteiger partial charge in [0.15, 0.2) is 0 Å². The van der Waals surface area contributed by atoms with E-state index in [4.69, 9.17) is 5.11 Å². The highest BCUT2D eigenvalue weighted by molar-refractivity contribution is 5.70. The summed E-state index contributed by atoms with van der Waals surface area (Å²) < 4.78 is 0. The molecular weight excluding hydrogens is 274 g/mol. The van der Waals surface area contributed by atoms with Gasteiger partial charge in [-0.1, -0.05) is 49.4 Å². The van der Waals surface area contributed by atoms with Gasteiger partial charge in [0.1, 0.15) is 0 Å². The Morgan fingerprint density at radius 2 is 1.95 bits per heavy atom. The molecule has 1 aliphatic heterocycles. The number of fused-ring (bicyclic) bond motifs is 1. The molecule has 2 aromatic rings. The third-order valence-corrected chi connectivity index (χ3v) is 4.32. The van der Waals surface area contributed by atoms with Crippen LogP contribution in [0.15, 0.2) is 48.5 Å². The Kier molecular flexibility index (Phi) is 4.14. The highest BCUT2D eigenvalue weighted by Gasteiger charge is 2.20. The molecule has 2 aromatic carbocycles. The highest BCUT2D eigenvalue weighted by Crippen LogP contribution is 2.31. The number of carboxylic acid groups (broad SMARTS) is 1. The molecule has 0 spiro atoms. The first kappa shape index (κ1) is 14.6. The molecule has 0 radical (unpaired) electrons. The maximum atomic E-state index is 11.0. The molecule has 114 valence electrons. The smallest absolute Gasteiger partial charge is 0.306 e. The predicted molar refractivity (Wildman–Crippen MR) is 88.1 cm³/mol. The Balaban J connectivity index is 1.78. The monoisotopic (exact) mass is 295 g/mol. The average molecular weight is 295 g/mol. The van der Waals surface area contributed by atoms with Crippen molar-refractivity contribution in [1.29, 1.82) is 0 Å². The Morgan fingerprint density at radius 3 is 2.68 bits per heavy atom. The molecule has 0 aromatic heterocycles. The van der Waals surface area contributed by atoms with Crippen molar-refractivity contribution >= 4 is 11.7 Å². The zero-order chi connectivity index (χ0) is 15.5. The summed E-state index contributed by atoms with van der Waals surface area (Å²) in [4.78, 5) is 13.4. The van der Waals surface area contributed by atoms with Gasteiger partial charge in [-0.05, 0) is 35.6 Å².